The molecule has 21 heavy (non-hydrogen) atoms. The highest BCUT2D eigenvalue weighted by Gasteiger charge is 2.40. The Morgan fingerprint density at radius 3 is 2.24 bits per heavy atom. The van der Waals surface area contributed by atoms with E-state index in [4.69, 9.17) is 0 Å². The van der Waals surface area contributed by atoms with Crippen LogP contribution in [0.1, 0.15) is 62.3 Å². The van der Waals surface area contributed by atoms with Crippen molar-refractivity contribution in [3.8, 4) is 0 Å². The predicted octanol–water partition coefficient (Wildman–Crippen LogP) is 4.91. The van der Waals surface area contributed by atoms with Crippen molar-refractivity contribution in [1.82, 2.24) is 5.32 Å². The van der Waals surface area contributed by atoms with Crippen LogP contribution in [-0.4, -0.2) is 13.1 Å². The summed E-state index contributed by atoms with van der Waals surface area (Å²) in [5, 5.41) is 3.61. The quantitative estimate of drug-likeness (QED) is 0.832. The zero-order valence-corrected chi connectivity index (χ0v) is 15.0. The SMILES string of the molecule is CNC1CC(C)CCC1C(C)(C)c1cc(C)c(C)cc1C. The monoisotopic (exact) mass is 287 g/mol. The Morgan fingerprint density at radius 1 is 1.00 bits per heavy atom. The number of benzene rings is 1. The van der Waals surface area contributed by atoms with Crippen molar-refractivity contribution >= 4 is 0 Å². The summed E-state index contributed by atoms with van der Waals surface area (Å²) in [7, 11) is 2.14. The van der Waals surface area contributed by atoms with Crippen LogP contribution in [0.25, 0.3) is 0 Å². The maximum atomic E-state index is 3.61. The van der Waals surface area contributed by atoms with Gasteiger partial charge in [-0.05, 0) is 80.2 Å². The zero-order chi connectivity index (χ0) is 15.8. The lowest BCUT2D eigenvalue weighted by molar-refractivity contribution is 0.151. The molecular weight excluding hydrogens is 254 g/mol. The third-order valence-electron chi connectivity index (χ3n) is 5.95. The van der Waals surface area contributed by atoms with Crippen LogP contribution in [0.2, 0.25) is 0 Å². The molecule has 1 aliphatic rings. The van der Waals surface area contributed by atoms with E-state index in [1.54, 1.807) is 5.56 Å². The normalized spacial score (nSPS) is 26.9. The number of nitrogens with one attached hydrogen (secondary N) is 1. The summed E-state index contributed by atoms with van der Waals surface area (Å²) in [6, 6.07) is 5.45. The van der Waals surface area contributed by atoms with Crippen LogP contribution in [0.3, 0.4) is 0 Å². The molecule has 2 rings (SSSR count). The highest BCUT2D eigenvalue weighted by Crippen LogP contribution is 2.43. The third-order valence-corrected chi connectivity index (χ3v) is 5.95. The molecule has 1 aliphatic carbocycles. The standard InChI is InChI=1S/C20H33N/c1-13-8-9-17(19(10-13)21-7)20(5,6)18-12-15(3)14(2)11-16(18)4/h11-13,17,19,21H,8-10H2,1-7H3. The zero-order valence-electron chi connectivity index (χ0n) is 15.0. The minimum Gasteiger partial charge on any atom is -0.317 e. The molecule has 1 aromatic rings. The molecule has 3 unspecified atom stereocenters. The molecule has 1 aromatic carbocycles. The first-order chi connectivity index (χ1) is 9.77. The summed E-state index contributed by atoms with van der Waals surface area (Å²) >= 11 is 0. The van der Waals surface area contributed by atoms with Crippen molar-refractivity contribution in [1.29, 1.82) is 0 Å². The maximum absolute atomic E-state index is 3.61. The molecule has 1 saturated carbocycles. The summed E-state index contributed by atoms with van der Waals surface area (Å²) < 4.78 is 0. The van der Waals surface area contributed by atoms with Crippen LogP contribution < -0.4 is 5.32 Å². The van der Waals surface area contributed by atoms with E-state index in [9.17, 15) is 0 Å². The van der Waals surface area contributed by atoms with E-state index in [1.165, 1.54) is 36.0 Å². The Bertz CT molecular complexity index is 501. The van der Waals surface area contributed by atoms with Crippen LogP contribution in [-0.2, 0) is 5.41 Å². The lowest BCUT2D eigenvalue weighted by atomic mass is 9.62. The molecule has 1 N–H and O–H groups in total. The predicted molar refractivity (Wildman–Crippen MR) is 93.0 cm³/mol. The van der Waals surface area contributed by atoms with Gasteiger partial charge in [-0.15, -0.1) is 0 Å². The van der Waals surface area contributed by atoms with Crippen LogP contribution >= 0.6 is 0 Å². The van der Waals surface area contributed by atoms with E-state index in [0.29, 0.717) is 6.04 Å². The van der Waals surface area contributed by atoms with Gasteiger partial charge in [0.2, 0.25) is 0 Å². The fraction of sp³-hybridized carbons (Fsp3) is 0.700. The van der Waals surface area contributed by atoms with Crippen LogP contribution in [0.5, 0.6) is 0 Å². The summed E-state index contributed by atoms with van der Waals surface area (Å²) in [4.78, 5) is 0. The molecule has 0 radical (unpaired) electrons. The first kappa shape index (κ1) is 16.5. The third kappa shape index (κ3) is 3.18. The fourth-order valence-electron chi connectivity index (χ4n) is 4.42. The molecule has 0 bridgehead atoms. The molecule has 0 aliphatic heterocycles. The van der Waals surface area contributed by atoms with Gasteiger partial charge in [0.05, 0.1) is 0 Å². The van der Waals surface area contributed by atoms with E-state index < -0.39 is 0 Å². The van der Waals surface area contributed by atoms with Crippen molar-refractivity contribution in [3.63, 3.8) is 0 Å². The maximum Gasteiger partial charge on any atom is 0.0103 e. The highest BCUT2D eigenvalue weighted by molar-refractivity contribution is 5.41. The molecular formula is C20H33N. The van der Waals surface area contributed by atoms with Gasteiger partial charge in [0, 0.05) is 6.04 Å². The number of hydrogen-bond acceptors (Lipinski definition) is 1. The van der Waals surface area contributed by atoms with Gasteiger partial charge in [-0.3, -0.25) is 0 Å². The van der Waals surface area contributed by atoms with E-state index in [2.05, 4.69) is 66.0 Å². The first-order valence-corrected chi connectivity index (χ1v) is 8.53. The van der Waals surface area contributed by atoms with Crippen LogP contribution in [0, 0.1) is 32.6 Å². The fourth-order valence-corrected chi connectivity index (χ4v) is 4.42. The van der Waals surface area contributed by atoms with E-state index in [0.717, 1.165) is 11.8 Å². The van der Waals surface area contributed by atoms with Crippen molar-refractivity contribution in [2.24, 2.45) is 11.8 Å². The van der Waals surface area contributed by atoms with Gasteiger partial charge < -0.3 is 5.32 Å². The van der Waals surface area contributed by atoms with Gasteiger partial charge in [0.1, 0.15) is 0 Å². The molecule has 118 valence electrons. The smallest absolute Gasteiger partial charge is 0.0103 e. The summed E-state index contributed by atoms with van der Waals surface area (Å²) in [5.74, 6) is 1.58. The molecule has 0 heterocycles. The number of aryl methyl sites for hydroxylation is 3. The van der Waals surface area contributed by atoms with Gasteiger partial charge in [0.15, 0.2) is 0 Å². The van der Waals surface area contributed by atoms with E-state index in [1.807, 2.05) is 0 Å². The van der Waals surface area contributed by atoms with Gasteiger partial charge in [0.25, 0.3) is 0 Å². The van der Waals surface area contributed by atoms with E-state index in [-0.39, 0.29) is 5.41 Å². The second-order valence-corrected chi connectivity index (χ2v) is 7.89. The molecule has 3 atom stereocenters. The van der Waals surface area contributed by atoms with Crippen LogP contribution in [0.15, 0.2) is 12.1 Å². The molecule has 0 aromatic heterocycles. The summed E-state index contributed by atoms with van der Waals surface area (Å²) in [6.07, 6.45) is 4.02. The summed E-state index contributed by atoms with van der Waals surface area (Å²) in [5.41, 5.74) is 6.07. The van der Waals surface area contributed by atoms with Gasteiger partial charge in [-0.1, -0.05) is 39.3 Å². The Hall–Kier alpha value is -0.820. The minimum atomic E-state index is 0.232. The molecule has 0 amide bonds. The van der Waals surface area contributed by atoms with E-state index >= 15 is 0 Å². The molecule has 1 heteroatoms. The van der Waals surface area contributed by atoms with Crippen molar-refractivity contribution in [2.45, 2.75) is 72.3 Å². The topological polar surface area (TPSA) is 12.0 Å². The van der Waals surface area contributed by atoms with Gasteiger partial charge in [-0.2, -0.15) is 0 Å². The lowest BCUT2D eigenvalue weighted by Crippen LogP contribution is -2.47. The molecule has 0 spiro atoms. The van der Waals surface area contributed by atoms with Crippen molar-refractivity contribution in [2.75, 3.05) is 7.05 Å². The Morgan fingerprint density at radius 2 is 1.62 bits per heavy atom. The lowest BCUT2D eigenvalue weighted by Gasteiger charge is -2.45. The van der Waals surface area contributed by atoms with Crippen molar-refractivity contribution in [3.05, 3.63) is 34.4 Å². The van der Waals surface area contributed by atoms with Gasteiger partial charge in [-0.25, -0.2) is 0 Å². The Labute approximate surface area is 131 Å². The Balaban J connectivity index is 2.38. The molecule has 0 saturated heterocycles. The average molecular weight is 287 g/mol. The van der Waals surface area contributed by atoms with Gasteiger partial charge >= 0.3 is 0 Å². The largest absolute Gasteiger partial charge is 0.317 e. The molecule has 1 nitrogen and oxygen atoms in total. The number of hydrogen-bond donors (Lipinski definition) is 1. The Kier molecular flexibility index (Phi) is 4.82. The summed E-state index contributed by atoms with van der Waals surface area (Å²) in [6.45, 7) is 14.0. The second kappa shape index (κ2) is 6.12. The van der Waals surface area contributed by atoms with Crippen LogP contribution in [0.4, 0.5) is 0 Å². The first-order valence-electron chi connectivity index (χ1n) is 8.53. The number of rotatable bonds is 3. The highest BCUT2D eigenvalue weighted by atomic mass is 14.9. The average Bonchev–Trinajstić information content (AvgIpc) is 2.42. The molecule has 1 fully saturated rings. The van der Waals surface area contributed by atoms with Crippen molar-refractivity contribution < 1.29 is 0 Å². The minimum absolute atomic E-state index is 0.232. The second-order valence-electron chi connectivity index (χ2n) is 7.89.